The summed E-state index contributed by atoms with van der Waals surface area (Å²) < 4.78 is 80.0. The Morgan fingerprint density at radius 3 is 2.17 bits per heavy atom. The third kappa shape index (κ3) is 9.99. The average molecular weight is 327 g/mol. The molecule has 1 atom stereocenters. The maximum atomic E-state index is 12.9. The van der Waals surface area contributed by atoms with Crippen molar-refractivity contribution < 1.29 is 38.2 Å². The Morgan fingerprint density at radius 1 is 1.28 bits per heavy atom. The Bertz CT molecular complexity index is 391. The van der Waals surface area contributed by atoms with E-state index >= 15 is 0 Å². The molecule has 0 aliphatic rings. The van der Waals surface area contributed by atoms with Crippen molar-refractivity contribution in [3.63, 3.8) is 0 Å². The van der Waals surface area contributed by atoms with Crippen LogP contribution in [0.5, 0.6) is 0 Å². The van der Waals surface area contributed by atoms with Gasteiger partial charge in [0, 0.05) is 0 Å². The largest absolute Gasteiger partial charge is 0.750 e. The van der Waals surface area contributed by atoms with Gasteiger partial charge in [0.15, 0.2) is 0 Å². The van der Waals surface area contributed by atoms with Crippen LogP contribution in [0.1, 0.15) is 0 Å². The summed E-state index contributed by atoms with van der Waals surface area (Å²) in [4.78, 5) is 0. The standard InChI is InChI=1S/C6H14F2O7S2Si/c1-18(2,3)15-17(11,12)14-5-6(7,8)4-13-16(9)10/h4-5H2,1-3H3,(H,9,10)/p-1. The zero-order chi connectivity index (χ0) is 14.6. The van der Waals surface area contributed by atoms with Gasteiger partial charge in [-0.1, -0.05) is 0 Å². The highest BCUT2D eigenvalue weighted by molar-refractivity contribution is 7.83. The molecule has 1 unspecified atom stereocenters. The Balaban J connectivity index is 4.34. The fourth-order valence-corrected chi connectivity index (χ4v) is 3.89. The van der Waals surface area contributed by atoms with Crippen molar-refractivity contribution >= 4 is 30.1 Å². The van der Waals surface area contributed by atoms with Crippen LogP contribution in [0.25, 0.3) is 0 Å². The summed E-state index contributed by atoms with van der Waals surface area (Å²) in [7, 11) is -7.05. The van der Waals surface area contributed by atoms with E-state index in [1.54, 1.807) is 0 Å². The molecule has 0 aromatic heterocycles. The topological polar surface area (TPSA) is 102 Å². The summed E-state index contributed by atoms with van der Waals surface area (Å²) in [6.45, 7) is 1.50. The van der Waals surface area contributed by atoms with Crippen LogP contribution in [0.2, 0.25) is 19.6 Å². The minimum atomic E-state index is -4.54. The molecule has 18 heavy (non-hydrogen) atoms. The zero-order valence-corrected chi connectivity index (χ0v) is 12.5. The van der Waals surface area contributed by atoms with Gasteiger partial charge >= 0.3 is 10.4 Å². The van der Waals surface area contributed by atoms with E-state index in [4.69, 9.17) is 0 Å². The van der Waals surface area contributed by atoms with Gasteiger partial charge in [-0.15, -0.1) is 0 Å². The summed E-state index contributed by atoms with van der Waals surface area (Å²) in [6, 6.07) is 0. The van der Waals surface area contributed by atoms with E-state index in [2.05, 4.69) is 12.2 Å². The van der Waals surface area contributed by atoms with Gasteiger partial charge in [0.1, 0.15) is 13.2 Å². The number of hydrogen-bond donors (Lipinski definition) is 0. The lowest BCUT2D eigenvalue weighted by Crippen LogP contribution is -2.35. The quantitative estimate of drug-likeness (QED) is 0.474. The van der Waals surface area contributed by atoms with Crippen LogP contribution in [-0.2, 0) is 34.0 Å². The van der Waals surface area contributed by atoms with E-state index in [0.29, 0.717) is 0 Å². The number of halogens is 2. The summed E-state index contributed by atoms with van der Waals surface area (Å²) >= 11 is -3.11. The molecule has 0 bridgehead atoms. The van der Waals surface area contributed by atoms with E-state index in [1.807, 2.05) is 0 Å². The number of alkyl halides is 2. The van der Waals surface area contributed by atoms with Crippen LogP contribution in [0.15, 0.2) is 0 Å². The smallest absolute Gasteiger partial charge is 0.390 e. The maximum Gasteiger partial charge on any atom is 0.390 e. The summed E-state index contributed by atoms with van der Waals surface area (Å²) in [5.74, 6) is -3.77. The third-order valence-electron chi connectivity index (χ3n) is 1.13. The highest BCUT2D eigenvalue weighted by Gasteiger charge is 2.34. The summed E-state index contributed by atoms with van der Waals surface area (Å²) in [5, 5.41) is 0. The van der Waals surface area contributed by atoms with Crippen molar-refractivity contribution in [2.45, 2.75) is 25.6 Å². The second-order valence-electron chi connectivity index (χ2n) is 4.19. The van der Waals surface area contributed by atoms with Gasteiger partial charge in [0.25, 0.3) is 5.92 Å². The molecular weight excluding hydrogens is 314 g/mol. The van der Waals surface area contributed by atoms with Crippen LogP contribution < -0.4 is 0 Å². The Labute approximate surface area is 107 Å². The van der Waals surface area contributed by atoms with Gasteiger partial charge in [-0.05, 0) is 19.6 Å². The third-order valence-corrected chi connectivity index (χ3v) is 4.67. The van der Waals surface area contributed by atoms with Crippen molar-refractivity contribution in [1.82, 2.24) is 0 Å². The average Bonchev–Trinajstić information content (AvgIpc) is 2.09. The van der Waals surface area contributed by atoms with Crippen molar-refractivity contribution in [3.8, 4) is 0 Å². The Kier molecular flexibility index (Phi) is 6.46. The molecule has 0 aromatic carbocycles. The maximum absolute atomic E-state index is 12.9. The fourth-order valence-electron chi connectivity index (χ4n) is 0.665. The lowest BCUT2D eigenvalue weighted by Gasteiger charge is -2.19. The molecule has 0 amide bonds. The number of hydrogen-bond acceptors (Lipinski definition) is 7. The Hall–Kier alpha value is 0.0169. The van der Waals surface area contributed by atoms with Gasteiger partial charge in [-0.2, -0.15) is 8.42 Å². The molecule has 7 nitrogen and oxygen atoms in total. The molecule has 0 aromatic rings. The van der Waals surface area contributed by atoms with Crippen LogP contribution in [0.4, 0.5) is 8.78 Å². The molecule has 0 fully saturated rings. The first-order valence-electron chi connectivity index (χ1n) is 4.53. The van der Waals surface area contributed by atoms with E-state index in [1.165, 1.54) is 19.6 Å². The molecule has 0 aliphatic carbocycles. The predicted molar refractivity (Wildman–Crippen MR) is 59.1 cm³/mol. The molecule has 0 saturated heterocycles. The molecule has 0 saturated carbocycles. The van der Waals surface area contributed by atoms with Gasteiger partial charge in [-0.3, -0.25) is 8.06 Å². The first-order valence-corrected chi connectivity index (χ1v) is 10.3. The molecule has 0 heterocycles. The highest BCUT2D eigenvalue weighted by Crippen LogP contribution is 2.18. The van der Waals surface area contributed by atoms with Crippen LogP contribution in [-0.4, -0.2) is 44.6 Å². The normalized spacial score (nSPS) is 15.7. The van der Waals surface area contributed by atoms with Gasteiger partial charge in [-0.25, -0.2) is 17.2 Å². The lowest BCUT2D eigenvalue weighted by atomic mass is 10.4. The summed E-state index contributed by atoms with van der Waals surface area (Å²) in [6.07, 6.45) is 0. The van der Waals surface area contributed by atoms with Crippen LogP contribution in [0, 0.1) is 0 Å². The summed E-state index contributed by atoms with van der Waals surface area (Å²) in [5.41, 5.74) is 0. The zero-order valence-electron chi connectivity index (χ0n) is 9.84. The molecule has 12 heteroatoms. The van der Waals surface area contributed by atoms with Gasteiger partial charge in [0.05, 0.1) is 11.4 Å². The molecule has 0 rings (SSSR count). The Morgan fingerprint density at radius 2 is 1.78 bits per heavy atom. The molecule has 0 radical (unpaired) electrons. The van der Waals surface area contributed by atoms with Gasteiger partial charge in [0.2, 0.25) is 8.32 Å². The van der Waals surface area contributed by atoms with Crippen LogP contribution in [0.3, 0.4) is 0 Å². The van der Waals surface area contributed by atoms with Crippen molar-refractivity contribution in [2.24, 2.45) is 0 Å². The van der Waals surface area contributed by atoms with E-state index in [0.717, 1.165) is 0 Å². The van der Waals surface area contributed by atoms with Crippen molar-refractivity contribution in [3.05, 3.63) is 0 Å². The second kappa shape index (κ2) is 6.45. The number of rotatable bonds is 8. The molecule has 110 valence electrons. The monoisotopic (exact) mass is 327 g/mol. The first kappa shape index (κ1) is 18.0. The molecule has 0 spiro atoms. The fraction of sp³-hybridized carbons (Fsp3) is 1.00. The lowest BCUT2D eigenvalue weighted by molar-refractivity contribution is -0.0724. The predicted octanol–water partition coefficient (Wildman–Crippen LogP) is 0.545. The van der Waals surface area contributed by atoms with Crippen molar-refractivity contribution in [2.75, 3.05) is 13.2 Å². The second-order valence-corrected chi connectivity index (χ2v) is 10.8. The molecular formula is C6H13F2O7S2Si-. The van der Waals surface area contributed by atoms with E-state index in [9.17, 15) is 26.0 Å². The SMILES string of the molecule is C[Si](C)(C)OS(=O)(=O)OCC(F)(F)COS(=O)[O-]. The van der Waals surface area contributed by atoms with Crippen molar-refractivity contribution in [1.29, 1.82) is 0 Å². The van der Waals surface area contributed by atoms with E-state index < -0.39 is 49.2 Å². The molecule has 0 N–H and O–H groups in total. The highest BCUT2D eigenvalue weighted by atomic mass is 32.3. The minimum Gasteiger partial charge on any atom is -0.750 e. The molecule has 0 aliphatic heterocycles. The minimum absolute atomic E-state index is 1.51. The van der Waals surface area contributed by atoms with Gasteiger partial charge < -0.3 is 4.55 Å². The first-order chi connectivity index (χ1) is 7.83. The van der Waals surface area contributed by atoms with Crippen LogP contribution >= 0.6 is 0 Å². The van der Waals surface area contributed by atoms with E-state index in [-0.39, 0.29) is 0 Å².